The third kappa shape index (κ3) is 5.44. The molecule has 0 aliphatic rings. The van der Waals surface area contributed by atoms with Crippen LogP contribution >= 0.6 is 31.9 Å². The van der Waals surface area contributed by atoms with E-state index >= 15 is 0 Å². The molecule has 0 bridgehead atoms. The van der Waals surface area contributed by atoms with Crippen molar-refractivity contribution in [3.05, 3.63) is 61.5 Å². The Morgan fingerprint density at radius 1 is 1.30 bits per heavy atom. The van der Waals surface area contributed by atoms with Gasteiger partial charge >= 0.3 is 0 Å². The standard InChI is InChI=1S/C21H20Br2N2O2/c1-4-8-27-20-15(10-17(22)11-18(20)23)9-16(12-24)21(26)25-19-7-5-6-13(2)14(19)3/h5-7,9-11H,4,8H2,1-3H3,(H,25,26)/b16-9+. The summed E-state index contributed by atoms with van der Waals surface area (Å²) in [7, 11) is 0. The van der Waals surface area contributed by atoms with Crippen LogP contribution in [0.3, 0.4) is 0 Å². The van der Waals surface area contributed by atoms with Gasteiger partial charge in [0, 0.05) is 15.7 Å². The van der Waals surface area contributed by atoms with Gasteiger partial charge in [-0.15, -0.1) is 0 Å². The molecule has 6 heteroatoms. The van der Waals surface area contributed by atoms with Crippen LogP contribution in [0.5, 0.6) is 5.75 Å². The smallest absolute Gasteiger partial charge is 0.266 e. The van der Waals surface area contributed by atoms with Gasteiger partial charge in [0.05, 0.1) is 11.1 Å². The van der Waals surface area contributed by atoms with Crippen molar-refractivity contribution in [1.82, 2.24) is 0 Å². The molecular formula is C21H20Br2N2O2. The average molecular weight is 492 g/mol. The van der Waals surface area contributed by atoms with Gasteiger partial charge in [0.25, 0.3) is 5.91 Å². The monoisotopic (exact) mass is 490 g/mol. The normalized spacial score (nSPS) is 11.0. The molecule has 4 nitrogen and oxygen atoms in total. The number of nitriles is 1. The zero-order valence-electron chi connectivity index (χ0n) is 15.4. The third-order valence-electron chi connectivity index (χ3n) is 4.01. The summed E-state index contributed by atoms with van der Waals surface area (Å²) in [6.45, 7) is 6.46. The van der Waals surface area contributed by atoms with Crippen LogP contribution in [0.15, 0.2) is 44.9 Å². The second kappa shape index (κ2) is 9.72. The van der Waals surface area contributed by atoms with Crippen molar-refractivity contribution in [2.24, 2.45) is 0 Å². The van der Waals surface area contributed by atoms with Crippen LogP contribution in [0, 0.1) is 25.2 Å². The summed E-state index contributed by atoms with van der Waals surface area (Å²) in [6, 6.07) is 11.3. The highest BCUT2D eigenvalue weighted by Gasteiger charge is 2.15. The molecular weight excluding hydrogens is 472 g/mol. The van der Waals surface area contributed by atoms with Crippen LogP contribution < -0.4 is 10.1 Å². The van der Waals surface area contributed by atoms with Crippen molar-refractivity contribution in [1.29, 1.82) is 5.26 Å². The lowest BCUT2D eigenvalue weighted by Crippen LogP contribution is -2.14. The Balaban J connectivity index is 2.39. The molecule has 0 atom stereocenters. The van der Waals surface area contributed by atoms with Crippen LogP contribution in [0.25, 0.3) is 6.08 Å². The van der Waals surface area contributed by atoms with Crippen LogP contribution in [0.2, 0.25) is 0 Å². The Labute approximate surface area is 176 Å². The first-order valence-electron chi connectivity index (χ1n) is 8.48. The summed E-state index contributed by atoms with van der Waals surface area (Å²) in [5, 5.41) is 12.3. The molecule has 0 unspecified atom stereocenters. The summed E-state index contributed by atoms with van der Waals surface area (Å²) < 4.78 is 7.37. The van der Waals surface area contributed by atoms with Crippen molar-refractivity contribution in [2.75, 3.05) is 11.9 Å². The topological polar surface area (TPSA) is 62.1 Å². The van der Waals surface area contributed by atoms with Gasteiger partial charge in [-0.2, -0.15) is 5.26 Å². The van der Waals surface area contributed by atoms with Gasteiger partial charge in [-0.25, -0.2) is 0 Å². The number of carbonyl (C=O) groups is 1. The Bertz CT molecular complexity index is 931. The summed E-state index contributed by atoms with van der Waals surface area (Å²) in [5.74, 6) is 0.149. The van der Waals surface area contributed by atoms with Crippen LogP contribution in [0.1, 0.15) is 30.0 Å². The molecule has 0 spiro atoms. The Morgan fingerprint density at radius 2 is 2.04 bits per heavy atom. The van der Waals surface area contributed by atoms with Gasteiger partial charge in [0.2, 0.25) is 0 Å². The molecule has 2 aromatic rings. The highest BCUT2D eigenvalue weighted by Crippen LogP contribution is 2.34. The van der Waals surface area contributed by atoms with Crippen molar-refractivity contribution in [3.8, 4) is 11.8 Å². The number of rotatable bonds is 6. The Hall–Kier alpha value is -2.10. The molecule has 0 radical (unpaired) electrons. The fourth-order valence-electron chi connectivity index (χ4n) is 2.42. The number of benzene rings is 2. The Kier molecular flexibility index (Phi) is 7.64. The first-order chi connectivity index (χ1) is 12.9. The number of nitrogens with zero attached hydrogens (tertiary/aromatic N) is 1. The lowest BCUT2D eigenvalue weighted by Gasteiger charge is -2.13. The summed E-state index contributed by atoms with van der Waals surface area (Å²) in [5.41, 5.74) is 3.39. The molecule has 140 valence electrons. The molecule has 2 aromatic carbocycles. The lowest BCUT2D eigenvalue weighted by molar-refractivity contribution is -0.112. The lowest BCUT2D eigenvalue weighted by atomic mass is 10.1. The second-order valence-electron chi connectivity index (χ2n) is 6.03. The average Bonchev–Trinajstić information content (AvgIpc) is 2.62. The van der Waals surface area contributed by atoms with Gasteiger partial charge in [0.1, 0.15) is 17.4 Å². The van der Waals surface area contributed by atoms with Crippen molar-refractivity contribution in [2.45, 2.75) is 27.2 Å². The molecule has 1 amide bonds. The number of anilines is 1. The minimum Gasteiger partial charge on any atom is -0.492 e. The maximum Gasteiger partial charge on any atom is 0.266 e. The zero-order valence-corrected chi connectivity index (χ0v) is 18.6. The van der Waals surface area contributed by atoms with E-state index < -0.39 is 5.91 Å². The number of nitrogens with one attached hydrogen (secondary N) is 1. The maximum atomic E-state index is 12.6. The first kappa shape index (κ1) is 21.2. The quantitative estimate of drug-likeness (QED) is 0.388. The molecule has 0 heterocycles. The highest BCUT2D eigenvalue weighted by molar-refractivity contribution is 9.11. The largest absolute Gasteiger partial charge is 0.492 e. The highest BCUT2D eigenvalue weighted by atomic mass is 79.9. The summed E-state index contributed by atoms with van der Waals surface area (Å²) >= 11 is 6.92. The van der Waals surface area contributed by atoms with Gasteiger partial charge < -0.3 is 10.1 Å². The third-order valence-corrected chi connectivity index (χ3v) is 5.05. The van der Waals surface area contributed by atoms with Crippen LogP contribution in [-0.2, 0) is 4.79 Å². The Morgan fingerprint density at radius 3 is 2.70 bits per heavy atom. The molecule has 27 heavy (non-hydrogen) atoms. The zero-order chi connectivity index (χ0) is 20.0. The predicted molar refractivity (Wildman–Crippen MR) is 116 cm³/mol. The van der Waals surface area contributed by atoms with E-state index in [0.717, 1.165) is 26.5 Å². The SMILES string of the molecule is CCCOc1c(Br)cc(Br)cc1/C=C(\C#N)C(=O)Nc1cccc(C)c1C. The number of ether oxygens (including phenoxy) is 1. The van der Waals surface area contributed by atoms with E-state index in [-0.39, 0.29) is 5.57 Å². The van der Waals surface area contributed by atoms with Crippen molar-refractivity contribution >= 4 is 49.5 Å². The van der Waals surface area contributed by atoms with Gasteiger partial charge in [-0.3, -0.25) is 4.79 Å². The fraction of sp³-hybridized carbons (Fsp3) is 0.238. The van der Waals surface area contributed by atoms with Crippen LogP contribution in [-0.4, -0.2) is 12.5 Å². The number of hydrogen-bond acceptors (Lipinski definition) is 3. The van der Waals surface area contributed by atoms with Gasteiger partial charge in [0.15, 0.2) is 0 Å². The second-order valence-corrected chi connectivity index (χ2v) is 7.80. The molecule has 0 saturated heterocycles. The summed E-state index contributed by atoms with van der Waals surface area (Å²) in [4.78, 5) is 12.6. The van der Waals surface area contributed by atoms with E-state index in [1.165, 1.54) is 0 Å². The van der Waals surface area contributed by atoms with E-state index in [9.17, 15) is 10.1 Å². The minimum absolute atomic E-state index is 0.00209. The van der Waals surface area contributed by atoms with E-state index in [1.807, 2.05) is 57.2 Å². The molecule has 0 fully saturated rings. The maximum absolute atomic E-state index is 12.6. The number of carbonyl (C=O) groups excluding carboxylic acids is 1. The number of aryl methyl sites for hydroxylation is 1. The molecule has 0 aliphatic carbocycles. The van der Waals surface area contributed by atoms with Crippen molar-refractivity contribution in [3.63, 3.8) is 0 Å². The predicted octanol–water partition coefficient (Wildman–Crippen LogP) is 6.16. The molecule has 2 rings (SSSR count). The number of halogens is 2. The molecule has 0 aromatic heterocycles. The van der Waals surface area contributed by atoms with E-state index in [2.05, 4.69) is 37.2 Å². The first-order valence-corrected chi connectivity index (χ1v) is 10.1. The van der Waals surface area contributed by atoms with Gasteiger partial charge in [-0.1, -0.05) is 35.0 Å². The fourth-order valence-corrected chi connectivity index (χ4v) is 3.80. The van der Waals surface area contributed by atoms with E-state index in [0.29, 0.717) is 23.6 Å². The van der Waals surface area contributed by atoms with Gasteiger partial charge in [-0.05, 0) is 71.6 Å². The van der Waals surface area contributed by atoms with Crippen LogP contribution in [0.4, 0.5) is 5.69 Å². The number of hydrogen-bond donors (Lipinski definition) is 1. The van der Waals surface area contributed by atoms with E-state index in [4.69, 9.17) is 4.74 Å². The molecule has 1 N–H and O–H groups in total. The minimum atomic E-state index is -0.455. The summed E-state index contributed by atoms with van der Waals surface area (Å²) in [6.07, 6.45) is 2.39. The molecule has 0 aliphatic heterocycles. The molecule has 0 saturated carbocycles. The van der Waals surface area contributed by atoms with Crippen molar-refractivity contribution < 1.29 is 9.53 Å². The van der Waals surface area contributed by atoms with E-state index in [1.54, 1.807) is 6.08 Å². The number of amides is 1.